The number of rotatable bonds is 4. The molecule has 0 aromatic heterocycles. The van der Waals surface area contributed by atoms with Crippen molar-refractivity contribution in [2.24, 2.45) is 0 Å². The van der Waals surface area contributed by atoms with E-state index in [1.54, 1.807) is 18.2 Å². The fourth-order valence-corrected chi connectivity index (χ4v) is 4.85. The van der Waals surface area contributed by atoms with Crippen LogP contribution in [0.1, 0.15) is 27.6 Å². The van der Waals surface area contributed by atoms with Crippen molar-refractivity contribution in [1.82, 2.24) is 4.31 Å². The number of ether oxygens (including phenoxy) is 1. The molecular weight excluding hydrogens is 384 g/mol. The summed E-state index contributed by atoms with van der Waals surface area (Å²) < 4.78 is 30.9. The number of fused-ring (bicyclic) bond motifs is 1. The lowest BCUT2D eigenvalue weighted by molar-refractivity contribution is -0.121. The molecular formula is C19H18N2O6S. The zero-order valence-electron chi connectivity index (χ0n) is 15.4. The van der Waals surface area contributed by atoms with Crippen molar-refractivity contribution in [3.05, 3.63) is 59.7 Å². The van der Waals surface area contributed by atoms with Gasteiger partial charge in [0.05, 0.1) is 23.9 Å². The Hall–Kier alpha value is -3.20. The molecule has 0 saturated carbocycles. The molecule has 28 heavy (non-hydrogen) atoms. The highest BCUT2D eigenvalue weighted by molar-refractivity contribution is 7.90. The van der Waals surface area contributed by atoms with Crippen LogP contribution in [0.3, 0.4) is 0 Å². The van der Waals surface area contributed by atoms with Gasteiger partial charge in [-0.2, -0.15) is 0 Å². The Bertz CT molecular complexity index is 1080. The smallest absolute Gasteiger partial charge is 0.339 e. The van der Waals surface area contributed by atoms with Gasteiger partial charge in [-0.15, -0.1) is 0 Å². The van der Waals surface area contributed by atoms with Crippen molar-refractivity contribution in [3.63, 3.8) is 0 Å². The first-order chi connectivity index (χ1) is 13.2. The molecule has 0 aliphatic carbocycles. The number of methoxy groups -OCH3 is 1. The Kier molecular flexibility index (Phi) is 4.95. The molecule has 0 radical (unpaired) electrons. The number of benzene rings is 2. The molecule has 8 nitrogen and oxygen atoms in total. The molecule has 146 valence electrons. The number of amides is 2. The third-order valence-electron chi connectivity index (χ3n) is 4.56. The van der Waals surface area contributed by atoms with E-state index >= 15 is 0 Å². The molecule has 2 aromatic carbocycles. The highest BCUT2D eigenvalue weighted by Crippen LogP contribution is 2.32. The van der Waals surface area contributed by atoms with Crippen LogP contribution in [-0.4, -0.2) is 50.7 Å². The van der Waals surface area contributed by atoms with Crippen molar-refractivity contribution >= 4 is 33.5 Å². The molecule has 1 atom stereocenters. The summed E-state index contributed by atoms with van der Waals surface area (Å²) in [5, 5.41) is 0. The van der Waals surface area contributed by atoms with Crippen LogP contribution in [0.15, 0.2) is 53.4 Å². The zero-order valence-corrected chi connectivity index (χ0v) is 16.3. The van der Waals surface area contributed by atoms with Crippen molar-refractivity contribution in [2.75, 3.05) is 19.1 Å². The highest BCUT2D eigenvalue weighted by Gasteiger charge is 2.46. The Morgan fingerprint density at radius 1 is 1.07 bits per heavy atom. The fourth-order valence-electron chi connectivity index (χ4n) is 3.13. The van der Waals surface area contributed by atoms with E-state index in [0.29, 0.717) is 4.31 Å². The normalized spacial score (nSPS) is 15.7. The molecule has 0 N–H and O–H groups in total. The number of hydrogen-bond donors (Lipinski definition) is 0. The first kappa shape index (κ1) is 19.6. The summed E-state index contributed by atoms with van der Waals surface area (Å²) in [5.41, 5.74) is 0.416. The largest absolute Gasteiger partial charge is 0.465 e. The van der Waals surface area contributed by atoms with Crippen LogP contribution in [0, 0.1) is 0 Å². The molecule has 1 aliphatic heterocycles. The van der Waals surface area contributed by atoms with Gasteiger partial charge in [0.2, 0.25) is 5.91 Å². The number of hydrogen-bond acceptors (Lipinski definition) is 6. The number of carbonyl (C=O) groups is 3. The summed E-state index contributed by atoms with van der Waals surface area (Å²) in [6.07, 6.45) is 0. The number of likely N-dealkylation sites (N-methyl/N-ethyl adjacent to an activating group) is 1. The van der Waals surface area contributed by atoms with Crippen LogP contribution < -0.4 is 4.90 Å². The van der Waals surface area contributed by atoms with Crippen molar-refractivity contribution in [1.29, 1.82) is 0 Å². The van der Waals surface area contributed by atoms with Crippen LogP contribution >= 0.6 is 0 Å². The minimum atomic E-state index is -4.14. The standard InChI is InChI=1S/C19H18N2O6S/c1-12(21-18(23)14-9-5-7-11-16(14)28(21,25)26)17(22)20(2)15-10-6-4-8-13(15)19(24)27-3/h4-12H,1-3H3/t12-/m0/s1. The Morgan fingerprint density at radius 2 is 1.68 bits per heavy atom. The maximum absolute atomic E-state index is 13.0. The maximum Gasteiger partial charge on any atom is 0.339 e. The molecule has 2 aromatic rings. The lowest BCUT2D eigenvalue weighted by Gasteiger charge is -2.27. The third-order valence-corrected chi connectivity index (χ3v) is 6.48. The number of carbonyl (C=O) groups excluding carboxylic acids is 3. The molecule has 2 amide bonds. The molecule has 0 saturated heterocycles. The Labute approximate surface area is 162 Å². The second kappa shape index (κ2) is 7.08. The topological polar surface area (TPSA) is 101 Å². The van der Waals surface area contributed by atoms with Gasteiger partial charge in [-0.3, -0.25) is 9.59 Å². The van der Waals surface area contributed by atoms with Gasteiger partial charge in [0, 0.05) is 7.05 Å². The van der Waals surface area contributed by atoms with Crippen molar-refractivity contribution in [3.8, 4) is 0 Å². The monoisotopic (exact) mass is 402 g/mol. The van der Waals surface area contributed by atoms with Crippen LogP contribution in [0.2, 0.25) is 0 Å². The first-order valence-corrected chi connectivity index (χ1v) is 9.78. The lowest BCUT2D eigenvalue weighted by Crippen LogP contribution is -2.48. The third kappa shape index (κ3) is 2.93. The van der Waals surface area contributed by atoms with E-state index in [2.05, 4.69) is 0 Å². The molecule has 0 fully saturated rings. The second-order valence-corrected chi connectivity index (χ2v) is 7.97. The predicted molar refractivity (Wildman–Crippen MR) is 100 cm³/mol. The molecule has 3 rings (SSSR count). The van der Waals surface area contributed by atoms with Gasteiger partial charge in [0.1, 0.15) is 10.9 Å². The summed E-state index contributed by atoms with van der Waals surface area (Å²) in [6, 6.07) is 10.8. The summed E-state index contributed by atoms with van der Waals surface area (Å²) in [5.74, 6) is -2.06. The number of para-hydroxylation sites is 1. The predicted octanol–water partition coefficient (Wildman–Crippen LogP) is 1.67. The molecule has 0 unspecified atom stereocenters. The second-order valence-electron chi connectivity index (χ2n) is 6.18. The zero-order chi connectivity index (χ0) is 20.6. The van der Waals surface area contributed by atoms with E-state index in [-0.39, 0.29) is 21.7 Å². The molecule has 0 spiro atoms. The van der Waals surface area contributed by atoms with E-state index in [4.69, 9.17) is 4.74 Å². The molecule has 0 bridgehead atoms. The van der Waals surface area contributed by atoms with Gasteiger partial charge in [0.15, 0.2) is 0 Å². The average Bonchev–Trinajstić information content (AvgIpc) is 2.91. The minimum Gasteiger partial charge on any atom is -0.465 e. The first-order valence-electron chi connectivity index (χ1n) is 8.34. The summed E-state index contributed by atoms with van der Waals surface area (Å²) in [4.78, 5) is 38.6. The van der Waals surface area contributed by atoms with Crippen LogP contribution in [0.5, 0.6) is 0 Å². The summed E-state index contributed by atoms with van der Waals surface area (Å²) in [7, 11) is -1.52. The number of anilines is 1. The van der Waals surface area contributed by atoms with Crippen molar-refractivity contribution < 1.29 is 27.5 Å². The SMILES string of the molecule is COC(=O)c1ccccc1N(C)C(=O)[C@H](C)N1C(=O)c2ccccc2S1(=O)=O. The Morgan fingerprint density at radius 3 is 2.32 bits per heavy atom. The quantitative estimate of drug-likeness (QED) is 0.721. The molecule has 1 heterocycles. The fraction of sp³-hybridized carbons (Fsp3) is 0.211. The van der Waals surface area contributed by atoms with Gasteiger partial charge >= 0.3 is 5.97 Å². The lowest BCUT2D eigenvalue weighted by atomic mass is 10.1. The van der Waals surface area contributed by atoms with E-state index in [9.17, 15) is 22.8 Å². The van der Waals surface area contributed by atoms with Gasteiger partial charge in [0.25, 0.3) is 15.9 Å². The van der Waals surface area contributed by atoms with Crippen molar-refractivity contribution in [2.45, 2.75) is 17.9 Å². The van der Waals surface area contributed by atoms with E-state index in [0.717, 1.165) is 4.90 Å². The average molecular weight is 402 g/mol. The summed E-state index contributed by atoms with van der Waals surface area (Å²) in [6.45, 7) is 1.33. The van der Waals surface area contributed by atoms with Gasteiger partial charge in [-0.25, -0.2) is 17.5 Å². The Balaban J connectivity index is 1.97. The minimum absolute atomic E-state index is 0.0276. The van der Waals surface area contributed by atoms with Gasteiger partial charge in [-0.05, 0) is 31.2 Å². The van der Waals surface area contributed by atoms with Crippen LogP contribution in [0.4, 0.5) is 5.69 Å². The van der Waals surface area contributed by atoms with E-state index < -0.39 is 33.8 Å². The highest BCUT2D eigenvalue weighted by atomic mass is 32.2. The number of sulfonamides is 1. The summed E-state index contributed by atoms with van der Waals surface area (Å²) >= 11 is 0. The van der Waals surface area contributed by atoms with Gasteiger partial charge < -0.3 is 9.64 Å². The maximum atomic E-state index is 13.0. The van der Waals surface area contributed by atoms with Crippen LogP contribution in [0.25, 0.3) is 0 Å². The number of nitrogens with zero attached hydrogens (tertiary/aromatic N) is 2. The van der Waals surface area contributed by atoms with E-state index in [1.165, 1.54) is 51.4 Å². The molecule has 9 heteroatoms. The number of esters is 1. The van der Waals surface area contributed by atoms with E-state index in [1.807, 2.05) is 0 Å². The van der Waals surface area contributed by atoms with Crippen LogP contribution in [-0.2, 0) is 19.6 Å². The molecule has 1 aliphatic rings. The van der Waals surface area contributed by atoms with Gasteiger partial charge in [-0.1, -0.05) is 24.3 Å².